The van der Waals surface area contributed by atoms with Gasteiger partial charge >= 0.3 is 0 Å². The Morgan fingerprint density at radius 2 is 2.25 bits per heavy atom. The second-order valence-electron chi connectivity index (χ2n) is 4.87. The number of thioether (sulfide) groups is 1. The number of para-hydroxylation sites is 1. The fraction of sp³-hybridized carbons (Fsp3) is 0.533. The molecule has 110 valence electrons. The molecule has 2 rings (SSSR count). The van der Waals surface area contributed by atoms with Gasteiger partial charge in [-0.1, -0.05) is 18.2 Å². The van der Waals surface area contributed by atoms with E-state index in [1.807, 2.05) is 42.3 Å². The van der Waals surface area contributed by atoms with Gasteiger partial charge in [-0.3, -0.25) is 4.79 Å². The van der Waals surface area contributed by atoms with Gasteiger partial charge in [-0.25, -0.2) is 0 Å². The third-order valence-electron chi connectivity index (χ3n) is 3.73. The molecule has 1 aliphatic rings. The number of piperazine rings is 1. The number of nitrogens with zero attached hydrogens (tertiary/aromatic N) is 1. The third kappa shape index (κ3) is 3.10. The molecule has 0 saturated carbocycles. The quantitative estimate of drug-likeness (QED) is 0.921. The van der Waals surface area contributed by atoms with Crippen molar-refractivity contribution in [3.8, 4) is 5.75 Å². The van der Waals surface area contributed by atoms with Crippen molar-refractivity contribution in [1.29, 1.82) is 0 Å². The number of carbonyl (C=O) groups excluding carboxylic acids is 1. The van der Waals surface area contributed by atoms with Gasteiger partial charge in [0.05, 0.1) is 18.4 Å². The number of rotatable bonds is 4. The van der Waals surface area contributed by atoms with Crippen molar-refractivity contribution in [3.05, 3.63) is 29.8 Å². The van der Waals surface area contributed by atoms with Crippen LogP contribution in [-0.4, -0.2) is 49.1 Å². The van der Waals surface area contributed by atoms with Crippen LogP contribution in [0.15, 0.2) is 24.3 Å². The van der Waals surface area contributed by atoms with Crippen molar-refractivity contribution >= 4 is 17.7 Å². The van der Waals surface area contributed by atoms with E-state index < -0.39 is 0 Å². The van der Waals surface area contributed by atoms with Crippen molar-refractivity contribution in [2.24, 2.45) is 0 Å². The maximum absolute atomic E-state index is 12.5. The van der Waals surface area contributed by atoms with Gasteiger partial charge in [-0.2, -0.15) is 11.8 Å². The van der Waals surface area contributed by atoms with E-state index in [1.54, 1.807) is 18.9 Å². The highest BCUT2D eigenvalue weighted by molar-refractivity contribution is 7.99. The summed E-state index contributed by atoms with van der Waals surface area (Å²) in [4.78, 5) is 14.5. The number of benzene rings is 1. The Bertz CT molecular complexity index is 467. The second kappa shape index (κ2) is 6.99. The highest BCUT2D eigenvalue weighted by atomic mass is 32.2. The number of nitrogens with one attached hydrogen (secondary N) is 1. The van der Waals surface area contributed by atoms with Crippen LogP contribution in [0.2, 0.25) is 0 Å². The largest absolute Gasteiger partial charge is 0.496 e. The van der Waals surface area contributed by atoms with E-state index in [-0.39, 0.29) is 17.2 Å². The van der Waals surface area contributed by atoms with E-state index in [9.17, 15) is 4.79 Å². The summed E-state index contributed by atoms with van der Waals surface area (Å²) in [5.41, 5.74) is 1.07. The molecule has 1 heterocycles. The SMILES string of the molecule is COc1ccccc1C1CNCCN1C(=O)C(C)SC. The van der Waals surface area contributed by atoms with E-state index >= 15 is 0 Å². The normalized spacial score (nSPS) is 20.6. The summed E-state index contributed by atoms with van der Waals surface area (Å²) in [7, 11) is 1.67. The lowest BCUT2D eigenvalue weighted by molar-refractivity contribution is -0.133. The molecular weight excluding hydrogens is 272 g/mol. The minimum atomic E-state index is -0.00897. The van der Waals surface area contributed by atoms with Gasteiger partial charge < -0.3 is 15.0 Å². The van der Waals surface area contributed by atoms with Crippen LogP contribution in [0.4, 0.5) is 0 Å². The van der Waals surface area contributed by atoms with Crippen LogP contribution in [-0.2, 0) is 4.79 Å². The predicted octanol–water partition coefficient (Wildman–Crippen LogP) is 1.92. The van der Waals surface area contributed by atoms with E-state index in [2.05, 4.69) is 5.32 Å². The molecule has 1 N–H and O–H groups in total. The molecule has 1 amide bonds. The average molecular weight is 294 g/mol. The molecular formula is C15H22N2O2S. The van der Waals surface area contributed by atoms with Gasteiger partial charge in [-0.05, 0) is 19.2 Å². The number of amides is 1. The number of carbonyl (C=O) groups is 1. The summed E-state index contributed by atoms with van der Waals surface area (Å²) in [6, 6.07) is 7.98. The first kappa shape index (κ1) is 15.2. The monoisotopic (exact) mass is 294 g/mol. The fourth-order valence-electron chi connectivity index (χ4n) is 2.52. The minimum Gasteiger partial charge on any atom is -0.496 e. The molecule has 1 aromatic carbocycles. The van der Waals surface area contributed by atoms with Crippen LogP contribution in [0.1, 0.15) is 18.5 Å². The van der Waals surface area contributed by atoms with E-state index in [0.29, 0.717) is 0 Å². The lowest BCUT2D eigenvalue weighted by Gasteiger charge is -2.38. The van der Waals surface area contributed by atoms with Gasteiger partial charge in [0.25, 0.3) is 0 Å². The van der Waals surface area contributed by atoms with Crippen molar-refractivity contribution in [2.45, 2.75) is 18.2 Å². The first-order valence-electron chi connectivity index (χ1n) is 6.86. The van der Waals surface area contributed by atoms with E-state index in [0.717, 1.165) is 30.9 Å². The molecule has 5 heteroatoms. The summed E-state index contributed by atoms with van der Waals surface area (Å²) >= 11 is 1.59. The Morgan fingerprint density at radius 3 is 2.95 bits per heavy atom. The Kier molecular flexibility index (Phi) is 5.31. The maximum Gasteiger partial charge on any atom is 0.235 e. The van der Waals surface area contributed by atoms with Crippen LogP contribution in [0.3, 0.4) is 0 Å². The van der Waals surface area contributed by atoms with Crippen LogP contribution in [0.25, 0.3) is 0 Å². The van der Waals surface area contributed by atoms with Crippen LogP contribution in [0, 0.1) is 0 Å². The van der Waals surface area contributed by atoms with Crippen molar-refractivity contribution in [2.75, 3.05) is 33.0 Å². The fourth-order valence-corrected chi connectivity index (χ4v) is 2.86. The number of hydrogen-bond donors (Lipinski definition) is 1. The van der Waals surface area contributed by atoms with Gasteiger partial charge in [0.1, 0.15) is 5.75 Å². The van der Waals surface area contributed by atoms with Crippen LogP contribution < -0.4 is 10.1 Å². The molecule has 1 aliphatic heterocycles. The molecule has 0 aliphatic carbocycles. The molecule has 0 bridgehead atoms. The first-order valence-corrected chi connectivity index (χ1v) is 8.14. The molecule has 1 saturated heterocycles. The Labute approximate surface area is 124 Å². The highest BCUT2D eigenvalue weighted by Gasteiger charge is 2.31. The predicted molar refractivity (Wildman–Crippen MR) is 83.3 cm³/mol. The Morgan fingerprint density at radius 1 is 1.50 bits per heavy atom. The Balaban J connectivity index is 2.29. The van der Waals surface area contributed by atoms with Gasteiger partial charge in [0, 0.05) is 25.2 Å². The summed E-state index contributed by atoms with van der Waals surface area (Å²) in [5, 5.41) is 3.36. The molecule has 4 nitrogen and oxygen atoms in total. The van der Waals surface area contributed by atoms with Crippen molar-refractivity contribution in [1.82, 2.24) is 10.2 Å². The lowest BCUT2D eigenvalue weighted by atomic mass is 10.0. The topological polar surface area (TPSA) is 41.6 Å². The minimum absolute atomic E-state index is 0.00897. The van der Waals surface area contributed by atoms with Crippen LogP contribution >= 0.6 is 11.8 Å². The van der Waals surface area contributed by atoms with E-state index in [4.69, 9.17) is 4.74 Å². The standard InChI is InChI=1S/C15H22N2O2S/c1-11(20-3)15(18)17-9-8-16-10-13(17)12-6-4-5-7-14(12)19-2/h4-7,11,13,16H,8-10H2,1-3H3. The zero-order valence-electron chi connectivity index (χ0n) is 12.3. The number of methoxy groups -OCH3 is 1. The highest BCUT2D eigenvalue weighted by Crippen LogP contribution is 2.31. The molecule has 0 radical (unpaired) electrons. The number of hydrogen-bond acceptors (Lipinski definition) is 4. The van der Waals surface area contributed by atoms with E-state index in [1.165, 1.54) is 0 Å². The second-order valence-corrected chi connectivity index (χ2v) is 6.05. The zero-order chi connectivity index (χ0) is 14.5. The lowest BCUT2D eigenvalue weighted by Crippen LogP contribution is -2.50. The molecule has 2 atom stereocenters. The number of ether oxygens (including phenoxy) is 1. The first-order chi connectivity index (χ1) is 9.69. The molecule has 1 fully saturated rings. The van der Waals surface area contributed by atoms with Gasteiger partial charge in [0.2, 0.25) is 5.91 Å². The molecule has 20 heavy (non-hydrogen) atoms. The van der Waals surface area contributed by atoms with Gasteiger partial charge in [-0.15, -0.1) is 0 Å². The average Bonchev–Trinajstić information content (AvgIpc) is 2.53. The summed E-state index contributed by atoms with van der Waals surface area (Å²) in [5.74, 6) is 1.05. The summed E-state index contributed by atoms with van der Waals surface area (Å²) in [6.45, 7) is 4.33. The molecule has 0 spiro atoms. The van der Waals surface area contributed by atoms with Crippen molar-refractivity contribution in [3.63, 3.8) is 0 Å². The molecule has 1 aromatic rings. The zero-order valence-corrected chi connectivity index (χ0v) is 13.1. The summed E-state index contributed by atoms with van der Waals surface area (Å²) < 4.78 is 5.44. The van der Waals surface area contributed by atoms with Crippen LogP contribution in [0.5, 0.6) is 5.75 Å². The van der Waals surface area contributed by atoms with Crippen molar-refractivity contribution < 1.29 is 9.53 Å². The third-order valence-corrected chi connectivity index (χ3v) is 4.63. The maximum atomic E-state index is 12.5. The summed E-state index contributed by atoms with van der Waals surface area (Å²) in [6.07, 6.45) is 1.98. The smallest absolute Gasteiger partial charge is 0.235 e. The molecule has 0 aromatic heterocycles. The molecule has 2 unspecified atom stereocenters. The van der Waals surface area contributed by atoms with Gasteiger partial charge in [0.15, 0.2) is 0 Å². The Hall–Kier alpha value is -1.20.